The zero-order valence-electron chi connectivity index (χ0n) is 20.9. The lowest BCUT2D eigenvalue weighted by Crippen LogP contribution is -2.10. The molecule has 0 fully saturated rings. The maximum Gasteiger partial charge on any atom is 0.248 e. The average Bonchev–Trinajstić information content (AvgIpc) is 3.27. The number of fused-ring (bicyclic) bond motifs is 2. The minimum absolute atomic E-state index is 0.211. The first-order valence-corrected chi connectivity index (χ1v) is 12.0. The summed E-state index contributed by atoms with van der Waals surface area (Å²) in [5.41, 5.74) is 8.11. The van der Waals surface area contributed by atoms with Crippen LogP contribution in [0.3, 0.4) is 0 Å². The normalized spacial score (nSPS) is 11.7. The number of nitrogens with zero attached hydrogens (tertiary/aromatic N) is 1. The first-order valence-electron chi connectivity index (χ1n) is 12.0. The van der Waals surface area contributed by atoms with Gasteiger partial charge in [-0.05, 0) is 57.0 Å². The van der Waals surface area contributed by atoms with Crippen LogP contribution >= 0.6 is 0 Å². The molecule has 0 saturated carbocycles. The van der Waals surface area contributed by atoms with Crippen molar-refractivity contribution in [3.63, 3.8) is 0 Å². The van der Waals surface area contributed by atoms with Crippen molar-refractivity contribution in [3.8, 4) is 16.9 Å². The Morgan fingerprint density at radius 1 is 1.03 bits per heavy atom. The van der Waals surface area contributed by atoms with Crippen molar-refractivity contribution >= 4 is 39.0 Å². The van der Waals surface area contributed by atoms with Gasteiger partial charge >= 0.3 is 0 Å². The molecule has 0 radical (unpaired) electrons. The molecule has 1 amide bonds. The summed E-state index contributed by atoms with van der Waals surface area (Å²) in [7, 11) is 0. The third kappa shape index (κ3) is 4.60. The number of anilines is 1. The number of aromatic nitrogens is 1. The van der Waals surface area contributed by atoms with Crippen LogP contribution < -0.4 is 10.1 Å². The molecule has 5 nitrogen and oxygen atoms in total. The molecule has 1 N–H and O–H groups in total. The third-order valence-corrected chi connectivity index (χ3v) is 6.21. The van der Waals surface area contributed by atoms with Crippen molar-refractivity contribution < 1.29 is 13.9 Å². The van der Waals surface area contributed by atoms with Crippen LogP contribution in [0.5, 0.6) is 5.75 Å². The van der Waals surface area contributed by atoms with E-state index in [0.717, 1.165) is 55.5 Å². The molecule has 0 aliphatic carbocycles. The molecule has 5 heteroatoms. The van der Waals surface area contributed by atoms with Gasteiger partial charge in [0.05, 0.1) is 24.1 Å². The quantitative estimate of drug-likeness (QED) is 0.255. The third-order valence-electron chi connectivity index (χ3n) is 6.21. The molecule has 0 aliphatic rings. The number of carbonyl (C=O) groups is 1. The second-order valence-electron chi connectivity index (χ2n) is 8.94. The molecular formula is C31H28N2O3. The van der Waals surface area contributed by atoms with Crippen molar-refractivity contribution in [1.82, 2.24) is 4.98 Å². The number of aryl methyl sites for hydroxylation is 2. The van der Waals surface area contributed by atoms with Gasteiger partial charge in [0.25, 0.3) is 0 Å². The van der Waals surface area contributed by atoms with Crippen LogP contribution in [0, 0.1) is 13.8 Å². The maximum absolute atomic E-state index is 13.1. The highest BCUT2D eigenvalue weighted by molar-refractivity contribution is 6.09. The van der Waals surface area contributed by atoms with E-state index in [0.29, 0.717) is 12.4 Å². The highest BCUT2D eigenvalue weighted by atomic mass is 16.5. The summed E-state index contributed by atoms with van der Waals surface area (Å²) < 4.78 is 11.8. The lowest BCUT2D eigenvalue weighted by Gasteiger charge is -2.12. The number of benzene rings is 3. The van der Waals surface area contributed by atoms with Crippen LogP contribution in [0.2, 0.25) is 0 Å². The Labute approximate surface area is 210 Å². The fraction of sp³-hybridized carbons (Fsp3) is 0.161. The van der Waals surface area contributed by atoms with Gasteiger partial charge in [-0.25, -0.2) is 0 Å². The number of para-hydroxylation sites is 1. The van der Waals surface area contributed by atoms with Crippen LogP contribution in [0.15, 0.2) is 83.5 Å². The summed E-state index contributed by atoms with van der Waals surface area (Å²) in [6.45, 7) is 8.36. The molecule has 180 valence electrons. The van der Waals surface area contributed by atoms with Gasteiger partial charge < -0.3 is 14.5 Å². The zero-order chi connectivity index (χ0) is 25.2. The van der Waals surface area contributed by atoms with E-state index < -0.39 is 0 Å². The summed E-state index contributed by atoms with van der Waals surface area (Å²) in [6, 6.07) is 22.0. The summed E-state index contributed by atoms with van der Waals surface area (Å²) >= 11 is 0. The number of pyridine rings is 1. The summed E-state index contributed by atoms with van der Waals surface area (Å²) in [6.07, 6.45) is 3.39. The van der Waals surface area contributed by atoms with Gasteiger partial charge in [-0.2, -0.15) is 0 Å². The monoisotopic (exact) mass is 476 g/mol. The molecule has 0 atom stereocenters. The molecule has 0 unspecified atom stereocenters. The Hall–Kier alpha value is -4.38. The van der Waals surface area contributed by atoms with Gasteiger partial charge in [0.1, 0.15) is 11.3 Å². The number of ether oxygens (including phenoxy) is 1. The van der Waals surface area contributed by atoms with E-state index in [1.807, 2.05) is 63.2 Å². The number of amides is 1. The van der Waals surface area contributed by atoms with Crippen LogP contribution in [-0.4, -0.2) is 17.5 Å². The van der Waals surface area contributed by atoms with E-state index >= 15 is 0 Å². The molecule has 5 rings (SSSR count). The summed E-state index contributed by atoms with van der Waals surface area (Å²) in [5, 5.41) is 4.91. The van der Waals surface area contributed by atoms with Gasteiger partial charge in [0, 0.05) is 39.7 Å². The Kier molecular flexibility index (Phi) is 6.30. The number of hydrogen-bond acceptors (Lipinski definition) is 4. The van der Waals surface area contributed by atoms with Gasteiger partial charge in [-0.1, -0.05) is 48.0 Å². The minimum atomic E-state index is -0.211. The Morgan fingerprint density at radius 3 is 2.58 bits per heavy atom. The Balaban J connectivity index is 1.53. The summed E-state index contributed by atoms with van der Waals surface area (Å²) in [4.78, 5) is 17.6. The van der Waals surface area contributed by atoms with Crippen LogP contribution in [0.1, 0.15) is 30.7 Å². The largest absolute Gasteiger partial charge is 0.493 e. The second-order valence-corrected chi connectivity index (χ2v) is 8.94. The molecular weight excluding hydrogens is 448 g/mol. The molecule has 5 aromatic rings. The molecule has 0 spiro atoms. The van der Waals surface area contributed by atoms with E-state index in [1.54, 1.807) is 12.3 Å². The van der Waals surface area contributed by atoms with Gasteiger partial charge in [0.15, 0.2) is 0 Å². The van der Waals surface area contributed by atoms with E-state index in [9.17, 15) is 4.79 Å². The van der Waals surface area contributed by atoms with E-state index in [1.165, 1.54) is 5.56 Å². The number of rotatable bonds is 6. The molecule has 0 saturated heterocycles. The lowest BCUT2D eigenvalue weighted by atomic mass is 9.98. The fourth-order valence-electron chi connectivity index (χ4n) is 4.45. The fourth-order valence-corrected chi connectivity index (χ4v) is 4.45. The molecule has 2 aromatic heterocycles. The first kappa shape index (κ1) is 23.4. The predicted octanol–water partition coefficient (Wildman–Crippen LogP) is 7.71. The first-order chi connectivity index (χ1) is 17.4. The van der Waals surface area contributed by atoms with Crippen LogP contribution in [0.4, 0.5) is 5.69 Å². The zero-order valence-corrected chi connectivity index (χ0v) is 20.9. The predicted molar refractivity (Wildman–Crippen MR) is 146 cm³/mol. The molecule has 2 heterocycles. The van der Waals surface area contributed by atoms with Crippen LogP contribution in [0.25, 0.3) is 38.6 Å². The van der Waals surface area contributed by atoms with Crippen molar-refractivity contribution in [2.45, 2.75) is 27.7 Å². The second kappa shape index (κ2) is 9.70. The van der Waals surface area contributed by atoms with Crippen molar-refractivity contribution in [1.29, 1.82) is 0 Å². The lowest BCUT2D eigenvalue weighted by molar-refractivity contribution is -0.111. The smallest absolute Gasteiger partial charge is 0.248 e. The Bertz CT molecular complexity index is 1610. The van der Waals surface area contributed by atoms with E-state index in [2.05, 4.69) is 41.5 Å². The average molecular weight is 477 g/mol. The highest BCUT2D eigenvalue weighted by Gasteiger charge is 2.16. The molecule has 0 bridgehead atoms. The topological polar surface area (TPSA) is 64.4 Å². The maximum atomic E-state index is 13.1. The number of hydrogen-bond donors (Lipinski definition) is 1. The van der Waals surface area contributed by atoms with E-state index in [-0.39, 0.29) is 5.91 Å². The van der Waals surface area contributed by atoms with Crippen molar-refractivity contribution in [2.75, 3.05) is 11.9 Å². The highest BCUT2D eigenvalue weighted by Crippen LogP contribution is 2.37. The number of nitrogens with one attached hydrogen (secondary N) is 1. The minimum Gasteiger partial charge on any atom is -0.493 e. The number of carbonyl (C=O) groups excluding carboxylic acids is 1. The molecule has 36 heavy (non-hydrogen) atoms. The number of allylic oxidation sites excluding steroid dienone is 1. The molecule has 0 aliphatic heterocycles. The van der Waals surface area contributed by atoms with E-state index in [4.69, 9.17) is 9.15 Å². The standard InChI is InChI=1S/C31H28N2O3/c1-5-35-29-17-30-25(26(18-36-30)22-12-10-19(2)11-13-22)16-24(29)20(3)14-31(34)33-28-15-21(4)32-27-9-7-6-8-23(27)28/h6-18H,5H2,1-4H3,(H,32,33,34)/b20-14+. The van der Waals surface area contributed by atoms with Gasteiger partial charge in [0.2, 0.25) is 5.91 Å². The van der Waals surface area contributed by atoms with Crippen LogP contribution in [-0.2, 0) is 4.79 Å². The summed E-state index contributed by atoms with van der Waals surface area (Å²) in [5.74, 6) is 0.471. The van der Waals surface area contributed by atoms with Gasteiger partial charge in [-0.3, -0.25) is 9.78 Å². The number of furan rings is 1. The SMILES string of the molecule is CCOc1cc2occ(-c3ccc(C)cc3)c2cc1/C(C)=C/C(=O)Nc1cc(C)nc2ccccc12. The molecule has 3 aromatic carbocycles. The van der Waals surface area contributed by atoms with Gasteiger partial charge in [-0.15, -0.1) is 0 Å². The Morgan fingerprint density at radius 2 is 1.81 bits per heavy atom. The van der Waals surface area contributed by atoms with Crippen molar-refractivity contribution in [3.05, 3.63) is 95.9 Å². The van der Waals surface area contributed by atoms with Crippen molar-refractivity contribution in [2.24, 2.45) is 0 Å².